The van der Waals surface area contributed by atoms with Crippen LogP contribution in [0.15, 0.2) is 72.0 Å². The highest BCUT2D eigenvalue weighted by Crippen LogP contribution is 2.38. The maximum atomic E-state index is 13.4. The van der Waals surface area contributed by atoms with Gasteiger partial charge >= 0.3 is 0 Å². The summed E-state index contributed by atoms with van der Waals surface area (Å²) in [7, 11) is -4.11. The van der Waals surface area contributed by atoms with Crippen LogP contribution in [0.3, 0.4) is 0 Å². The fourth-order valence-corrected chi connectivity index (χ4v) is 5.19. The van der Waals surface area contributed by atoms with Gasteiger partial charge < -0.3 is 4.57 Å². The molecule has 0 bridgehead atoms. The van der Waals surface area contributed by atoms with E-state index in [2.05, 4.69) is 4.98 Å². The molecule has 0 spiro atoms. The van der Waals surface area contributed by atoms with E-state index in [1.807, 2.05) is 29.0 Å². The number of para-hydroxylation sites is 1. The van der Waals surface area contributed by atoms with Gasteiger partial charge in [-0.25, -0.2) is 8.42 Å². The lowest BCUT2D eigenvalue weighted by Gasteiger charge is -2.36. The zero-order chi connectivity index (χ0) is 19.0. The van der Waals surface area contributed by atoms with Crippen molar-refractivity contribution in [2.24, 2.45) is 0 Å². The molecule has 8 nitrogen and oxygen atoms in total. The van der Waals surface area contributed by atoms with Gasteiger partial charge in [0.25, 0.3) is 15.7 Å². The predicted molar refractivity (Wildman–Crippen MR) is 97.5 cm³/mol. The average Bonchev–Trinajstić information content (AvgIpc) is 3.16. The number of aromatic nitrogens is 2. The summed E-state index contributed by atoms with van der Waals surface area (Å²) in [6.45, 7) is 0.675. The number of benzene rings is 1. The minimum Gasteiger partial charge on any atom is -0.348 e. The van der Waals surface area contributed by atoms with Crippen molar-refractivity contribution in [3.8, 4) is 0 Å². The van der Waals surface area contributed by atoms with Crippen LogP contribution in [0.25, 0.3) is 0 Å². The summed E-state index contributed by atoms with van der Waals surface area (Å²) < 4.78 is 30.1. The number of nitro groups is 1. The van der Waals surface area contributed by atoms with Gasteiger partial charge in [0.05, 0.1) is 11.0 Å². The first-order valence-corrected chi connectivity index (χ1v) is 9.74. The van der Waals surface area contributed by atoms with Gasteiger partial charge in [0, 0.05) is 43.4 Å². The Morgan fingerprint density at radius 2 is 1.89 bits per heavy atom. The van der Waals surface area contributed by atoms with Gasteiger partial charge in [0.1, 0.15) is 0 Å². The van der Waals surface area contributed by atoms with E-state index in [-0.39, 0.29) is 11.4 Å². The molecule has 0 N–H and O–H groups in total. The van der Waals surface area contributed by atoms with Crippen molar-refractivity contribution < 1.29 is 13.3 Å². The molecule has 1 aliphatic heterocycles. The lowest BCUT2D eigenvalue weighted by atomic mass is 10.0. The average molecular weight is 384 g/mol. The number of hydrogen-bond donors (Lipinski definition) is 0. The van der Waals surface area contributed by atoms with Gasteiger partial charge in [0.15, 0.2) is 4.90 Å². The molecule has 4 rings (SSSR count). The van der Waals surface area contributed by atoms with Crippen molar-refractivity contribution in [1.82, 2.24) is 13.9 Å². The summed E-state index contributed by atoms with van der Waals surface area (Å²) in [6.07, 6.45) is 5.13. The smallest absolute Gasteiger partial charge is 0.289 e. The highest BCUT2D eigenvalue weighted by Gasteiger charge is 2.40. The van der Waals surface area contributed by atoms with Gasteiger partial charge in [-0.1, -0.05) is 18.2 Å². The molecule has 27 heavy (non-hydrogen) atoms. The molecule has 0 saturated heterocycles. The first-order chi connectivity index (χ1) is 13.0. The SMILES string of the molecule is O=[N+]([O-])c1ccccc1S(=O)(=O)N1CCn2cccc2C1c1cccnc1. The summed E-state index contributed by atoms with van der Waals surface area (Å²) in [5.41, 5.74) is 1.08. The van der Waals surface area contributed by atoms with E-state index in [0.717, 1.165) is 5.69 Å². The Kier molecular flexibility index (Phi) is 4.25. The standard InChI is InChI=1S/C18H16N4O4S/c23-22(24)15-6-1-2-8-17(15)27(25,26)21-12-11-20-10-4-7-16(20)18(21)14-5-3-9-19-13-14/h1-10,13,18H,11-12H2. The van der Waals surface area contributed by atoms with Crippen molar-refractivity contribution in [1.29, 1.82) is 0 Å². The Morgan fingerprint density at radius 1 is 1.07 bits per heavy atom. The molecule has 3 heterocycles. The summed E-state index contributed by atoms with van der Waals surface area (Å²) >= 11 is 0. The Bertz CT molecular complexity index is 1100. The van der Waals surface area contributed by atoms with E-state index in [4.69, 9.17) is 0 Å². The van der Waals surface area contributed by atoms with E-state index in [0.29, 0.717) is 12.1 Å². The molecule has 138 valence electrons. The van der Waals surface area contributed by atoms with Gasteiger partial charge in [-0.15, -0.1) is 0 Å². The molecular weight excluding hydrogens is 368 g/mol. The summed E-state index contributed by atoms with van der Waals surface area (Å²) in [5.74, 6) is 0. The van der Waals surface area contributed by atoms with Crippen LogP contribution < -0.4 is 0 Å². The fraction of sp³-hybridized carbons (Fsp3) is 0.167. The van der Waals surface area contributed by atoms with Crippen molar-refractivity contribution in [3.05, 3.63) is 88.5 Å². The molecule has 1 aromatic carbocycles. The van der Waals surface area contributed by atoms with E-state index in [1.54, 1.807) is 18.5 Å². The minimum atomic E-state index is -4.11. The number of nitrogens with zero attached hydrogens (tertiary/aromatic N) is 4. The third-order valence-electron chi connectivity index (χ3n) is 4.64. The number of sulfonamides is 1. The number of pyridine rings is 1. The lowest BCUT2D eigenvalue weighted by Crippen LogP contribution is -2.42. The Labute approximate surface area is 155 Å². The van der Waals surface area contributed by atoms with Gasteiger partial charge in [-0.3, -0.25) is 15.1 Å². The molecule has 9 heteroatoms. The molecule has 0 amide bonds. The van der Waals surface area contributed by atoms with E-state index in [1.165, 1.54) is 28.6 Å². The number of fused-ring (bicyclic) bond motifs is 1. The fourth-order valence-electron chi connectivity index (χ4n) is 3.45. The zero-order valence-electron chi connectivity index (χ0n) is 14.2. The zero-order valence-corrected chi connectivity index (χ0v) is 15.0. The molecule has 0 saturated carbocycles. The van der Waals surface area contributed by atoms with Crippen LogP contribution in [0.1, 0.15) is 17.3 Å². The van der Waals surface area contributed by atoms with Crippen LogP contribution in [0.5, 0.6) is 0 Å². The molecule has 1 atom stereocenters. The van der Waals surface area contributed by atoms with Crippen LogP contribution in [-0.2, 0) is 16.6 Å². The Balaban J connectivity index is 1.88. The first kappa shape index (κ1) is 17.4. The van der Waals surface area contributed by atoms with Crippen LogP contribution >= 0.6 is 0 Å². The van der Waals surface area contributed by atoms with Crippen molar-refractivity contribution in [2.75, 3.05) is 6.54 Å². The second-order valence-electron chi connectivity index (χ2n) is 6.16. The summed E-state index contributed by atoms with van der Waals surface area (Å²) in [4.78, 5) is 14.5. The molecule has 0 aliphatic carbocycles. The molecule has 2 aromatic heterocycles. The normalized spacial score (nSPS) is 17.4. The largest absolute Gasteiger partial charge is 0.348 e. The predicted octanol–water partition coefficient (Wildman–Crippen LogP) is 2.59. The van der Waals surface area contributed by atoms with Crippen LogP contribution in [0, 0.1) is 10.1 Å². The Hall–Kier alpha value is -3.04. The third-order valence-corrected chi connectivity index (χ3v) is 6.55. The second-order valence-corrected chi connectivity index (χ2v) is 8.01. The highest BCUT2D eigenvalue weighted by atomic mass is 32.2. The minimum absolute atomic E-state index is 0.204. The number of nitro benzene ring substituents is 1. The van der Waals surface area contributed by atoms with Crippen molar-refractivity contribution in [2.45, 2.75) is 17.5 Å². The molecule has 1 aliphatic rings. The molecule has 0 fully saturated rings. The third kappa shape index (κ3) is 2.90. The topological polar surface area (TPSA) is 98.3 Å². The lowest BCUT2D eigenvalue weighted by molar-refractivity contribution is -0.387. The van der Waals surface area contributed by atoms with Gasteiger partial charge in [0.2, 0.25) is 0 Å². The summed E-state index contributed by atoms with van der Waals surface area (Å²) in [5, 5.41) is 11.4. The van der Waals surface area contributed by atoms with Gasteiger partial charge in [-0.05, 0) is 29.8 Å². The first-order valence-electron chi connectivity index (χ1n) is 8.30. The van der Waals surface area contributed by atoms with Crippen LogP contribution in [0.4, 0.5) is 5.69 Å². The summed E-state index contributed by atoms with van der Waals surface area (Å²) in [6, 6.07) is 12.1. The monoisotopic (exact) mass is 384 g/mol. The van der Waals surface area contributed by atoms with Gasteiger partial charge in [-0.2, -0.15) is 4.31 Å². The Morgan fingerprint density at radius 3 is 2.63 bits per heavy atom. The van der Waals surface area contributed by atoms with E-state index in [9.17, 15) is 18.5 Å². The van der Waals surface area contributed by atoms with Crippen LogP contribution in [0.2, 0.25) is 0 Å². The van der Waals surface area contributed by atoms with E-state index < -0.39 is 26.7 Å². The maximum Gasteiger partial charge on any atom is 0.289 e. The maximum absolute atomic E-state index is 13.4. The number of rotatable bonds is 4. The van der Waals surface area contributed by atoms with Crippen LogP contribution in [-0.4, -0.2) is 33.7 Å². The second kappa shape index (κ2) is 6.60. The molecular formula is C18H16N4O4S. The molecule has 3 aromatic rings. The molecule has 0 radical (unpaired) electrons. The highest BCUT2D eigenvalue weighted by molar-refractivity contribution is 7.89. The van der Waals surface area contributed by atoms with E-state index >= 15 is 0 Å². The number of hydrogen-bond acceptors (Lipinski definition) is 5. The molecule has 1 unspecified atom stereocenters. The van der Waals surface area contributed by atoms with Crippen molar-refractivity contribution >= 4 is 15.7 Å². The quantitative estimate of drug-likeness (QED) is 0.509. The van der Waals surface area contributed by atoms with Crippen molar-refractivity contribution in [3.63, 3.8) is 0 Å².